The molecule has 0 aromatic rings. The molecule has 2 atom stereocenters. The van der Waals surface area contributed by atoms with E-state index in [1.807, 2.05) is 20.8 Å². The molecule has 0 bridgehead atoms. The van der Waals surface area contributed by atoms with Crippen LogP contribution in [0.2, 0.25) is 0 Å². The summed E-state index contributed by atoms with van der Waals surface area (Å²) in [5, 5.41) is 11.5. The van der Waals surface area contributed by atoms with Crippen LogP contribution >= 0.6 is 0 Å². The number of carboxylic acids is 1. The standard InChI is InChI=1S/C15H26N2O4/c1-10(13(19)20)8-16-12(18)11-6-5-7-17(9-11)14(21)15(2,3)4/h10-11H,5-9H2,1-4H3,(H,16,18)(H,19,20). The quantitative estimate of drug-likeness (QED) is 0.814. The van der Waals surface area contributed by atoms with E-state index in [1.165, 1.54) is 0 Å². The molecule has 1 aliphatic heterocycles. The van der Waals surface area contributed by atoms with Crippen LogP contribution in [0.1, 0.15) is 40.5 Å². The third-order valence-electron chi connectivity index (χ3n) is 3.73. The molecular formula is C15H26N2O4. The van der Waals surface area contributed by atoms with E-state index in [0.717, 1.165) is 12.8 Å². The fourth-order valence-corrected chi connectivity index (χ4v) is 2.34. The Kier molecular flexibility index (Phi) is 5.75. The highest BCUT2D eigenvalue weighted by Crippen LogP contribution is 2.23. The second kappa shape index (κ2) is 6.91. The lowest BCUT2D eigenvalue weighted by molar-refractivity contribution is -0.142. The summed E-state index contributed by atoms with van der Waals surface area (Å²) < 4.78 is 0. The fourth-order valence-electron chi connectivity index (χ4n) is 2.34. The van der Waals surface area contributed by atoms with Crippen molar-refractivity contribution in [1.82, 2.24) is 10.2 Å². The molecule has 0 aromatic heterocycles. The molecule has 6 nitrogen and oxygen atoms in total. The van der Waals surface area contributed by atoms with Gasteiger partial charge in [-0.25, -0.2) is 0 Å². The molecule has 2 N–H and O–H groups in total. The highest BCUT2D eigenvalue weighted by molar-refractivity contribution is 5.84. The molecule has 1 aliphatic rings. The molecule has 1 rings (SSSR count). The Hall–Kier alpha value is -1.59. The van der Waals surface area contributed by atoms with Gasteiger partial charge in [0, 0.05) is 25.0 Å². The summed E-state index contributed by atoms with van der Waals surface area (Å²) in [5.74, 6) is -1.88. The van der Waals surface area contributed by atoms with Crippen molar-refractivity contribution >= 4 is 17.8 Å². The van der Waals surface area contributed by atoms with Crippen molar-refractivity contribution in [2.75, 3.05) is 19.6 Å². The molecule has 0 spiro atoms. The summed E-state index contributed by atoms with van der Waals surface area (Å²) in [6, 6.07) is 0. The predicted octanol–water partition coefficient (Wildman–Crippen LogP) is 1.11. The van der Waals surface area contributed by atoms with E-state index >= 15 is 0 Å². The highest BCUT2D eigenvalue weighted by atomic mass is 16.4. The number of amides is 2. The Morgan fingerprint density at radius 3 is 2.48 bits per heavy atom. The van der Waals surface area contributed by atoms with Crippen LogP contribution in [-0.4, -0.2) is 47.4 Å². The Morgan fingerprint density at radius 2 is 1.95 bits per heavy atom. The second-order valence-electron chi connectivity index (χ2n) is 6.82. The molecule has 21 heavy (non-hydrogen) atoms. The minimum atomic E-state index is -0.927. The first-order valence-electron chi connectivity index (χ1n) is 7.43. The van der Waals surface area contributed by atoms with Crippen molar-refractivity contribution in [3.8, 4) is 0 Å². The number of piperidine rings is 1. The minimum Gasteiger partial charge on any atom is -0.481 e. The number of rotatable bonds is 4. The normalized spacial score (nSPS) is 20.8. The van der Waals surface area contributed by atoms with Gasteiger partial charge in [0.25, 0.3) is 0 Å². The van der Waals surface area contributed by atoms with Crippen LogP contribution in [0.3, 0.4) is 0 Å². The largest absolute Gasteiger partial charge is 0.481 e. The third kappa shape index (κ3) is 5.02. The van der Waals surface area contributed by atoms with Gasteiger partial charge in [0.15, 0.2) is 0 Å². The Balaban J connectivity index is 2.54. The molecule has 2 amide bonds. The number of hydrogen-bond donors (Lipinski definition) is 2. The molecule has 6 heteroatoms. The molecule has 2 unspecified atom stereocenters. The van der Waals surface area contributed by atoms with Crippen molar-refractivity contribution in [2.24, 2.45) is 17.3 Å². The van der Waals surface area contributed by atoms with E-state index < -0.39 is 17.3 Å². The third-order valence-corrected chi connectivity index (χ3v) is 3.73. The molecule has 1 heterocycles. The van der Waals surface area contributed by atoms with Crippen molar-refractivity contribution in [2.45, 2.75) is 40.5 Å². The van der Waals surface area contributed by atoms with Gasteiger partial charge < -0.3 is 15.3 Å². The van der Waals surface area contributed by atoms with E-state index in [4.69, 9.17) is 5.11 Å². The summed E-state index contributed by atoms with van der Waals surface area (Å²) in [4.78, 5) is 36.8. The molecule has 1 saturated heterocycles. The van der Waals surface area contributed by atoms with Crippen LogP contribution in [0, 0.1) is 17.3 Å². The van der Waals surface area contributed by atoms with Gasteiger partial charge in [-0.1, -0.05) is 27.7 Å². The van der Waals surface area contributed by atoms with Crippen molar-refractivity contribution in [3.05, 3.63) is 0 Å². The van der Waals surface area contributed by atoms with E-state index in [-0.39, 0.29) is 24.3 Å². The first-order valence-corrected chi connectivity index (χ1v) is 7.43. The number of aliphatic carboxylic acids is 1. The lowest BCUT2D eigenvalue weighted by atomic mass is 9.91. The summed E-state index contributed by atoms with van der Waals surface area (Å²) >= 11 is 0. The number of nitrogens with zero attached hydrogens (tertiary/aromatic N) is 1. The zero-order valence-electron chi connectivity index (χ0n) is 13.3. The second-order valence-corrected chi connectivity index (χ2v) is 6.82. The number of carbonyl (C=O) groups is 3. The zero-order valence-corrected chi connectivity index (χ0v) is 13.3. The van der Waals surface area contributed by atoms with Gasteiger partial charge in [-0.3, -0.25) is 14.4 Å². The smallest absolute Gasteiger partial charge is 0.308 e. The van der Waals surface area contributed by atoms with Gasteiger partial charge in [-0.15, -0.1) is 0 Å². The topological polar surface area (TPSA) is 86.7 Å². The van der Waals surface area contributed by atoms with Gasteiger partial charge in [0.05, 0.1) is 11.8 Å². The Bertz CT molecular complexity index is 414. The molecule has 120 valence electrons. The van der Waals surface area contributed by atoms with Gasteiger partial charge in [0.2, 0.25) is 11.8 Å². The first-order chi connectivity index (χ1) is 9.62. The SMILES string of the molecule is CC(CNC(=O)C1CCCN(C(=O)C(C)(C)C)C1)C(=O)O. The monoisotopic (exact) mass is 298 g/mol. The maximum absolute atomic E-state index is 12.3. The maximum Gasteiger partial charge on any atom is 0.308 e. The number of carbonyl (C=O) groups excluding carboxylic acids is 2. The summed E-state index contributed by atoms with van der Waals surface area (Å²) in [6.07, 6.45) is 1.54. The van der Waals surface area contributed by atoms with Crippen LogP contribution in [0.5, 0.6) is 0 Å². The van der Waals surface area contributed by atoms with Crippen LogP contribution < -0.4 is 5.32 Å². The Morgan fingerprint density at radius 1 is 1.33 bits per heavy atom. The zero-order chi connectivity index (χ0) is 16.2. The molecule has 0 aliphatic carbocycles. The van der Waals surface area contributed by atoms with Crippen LogP contribution in [0.4, 0.5) is 0 Å². The predicted molar refractivity (Wildman–Crippen MR) is 78.6 cm³/mol. The number of hydrogen-bond acceptors (Lipinski definition) is 3. The van der Waals surface area contributed by atoms with E-state index in [0.29, 0.717) is 13.1 Å². The summed E-state index contributed by atoms with van der Waals surface area (Å²) in [7, 11) is 0. The lowest BCUT2D eigenvalue weighted by Crippen LogP contribution is -2.49. The summed E-state index contributed by atoms with van der Waals surface area (Å²) in [5.41, 5.74) is -0.448. The van der Waals surface area contributed by atoms with Crippen LogP contribution in [-0.2, 0) is 14.4 Å². The van der Waals surface area contributed by atoms with E-state index in [9.17, 15) is 14.4 Å². The summed E-state index contributed by atoms with van der Waals surface area (Å²) in [6.45, 7) is 8.39. The number of nitrogens with one attached hydrogen (secondary N) is 1. The van der Waals surface area contributed by atoms with Gasteiger partial charge in [-0.2, -0.15) is 0 Å². The Labute approximate surface area is 125 Å². The molecule has 1 fully saturated rings. The fraction of sp³-hybridized carbons (Fsp3) is 0.800. The number of carboxylic acid groups (broad SMARTS) is 1. The minimum absolute atomic E-state index is 0.0545. The molecule has 0 aromatic carbocycles. The van der Waals surface area contributed by atoms with Crippen LogP contribution in [0.25, 0.3) is 0 Å². The van der Waals surface area contributed by atoms with Gasteiger partial charge in [-0.05, 0) is 12.8 Å². The average molecular weight is 298 g/mol. The van der Waals surface area contributed by atoms with Gasteiger partial charge in [0.1, 0.15) is 0 Å². The van der Waals surface area contributed by atoms with E-state index in [2.05, 4.69) is 5.32 Å². The lowest BCUT2D eigenvalue weighted by Gasteiger charge is -2.36. The molecule has 0 radical (unpaired) electrons. The van der Waals surface area contributed by atoms with E-state index in [1.54, 1.807) is 11.8 Å². The highest BCUT2D eigenvalue weighted by Gasteiger charge is 2.33. The van der Waals surface area contributed by atoms with Crippen LogP contribution in [0.15, 0.2) is 0 Å². The van der Waals surface area contributed by atoms with Crippen molar-refractivity contribution < 1.29 is 19.5 Å². The van der Waals surface area contributed by atoms with Crippen molar-refractivity contribution in [1.29, 1.82) is 0 Å². The van der Waals surface area contributed by atoms with Crippen molar-refractivity contribution in [3.63, 3.8) is 0 Å². The first kappa shape index (κ1) is 17.5. The molecule has 0 saturated carbocycles. The number of likely N-dealkylation sites (tertiary alicyclic amines) is 1. The maximum atomic E-state index is 12.3. The van der Waals surface area contributed by atoms with Gasteiger partial charge >= 0.3 is 5.97 Å². The molecular weight excluding hydrogens is 272 g/mol. The average Bonchev–Trinajstić information content (AvgIpc) is 2.42.